The maximum atomic E-state index is 5.88. The predicted molar refractivity (Wildman–Crippen MR) is 78.6 cm³/mol. The van der Waals surface area contributed by atoms with Crippen LogP contribution in [0.15, 0.2) is 24.3 Å². The van der Waals surface area contributed by atoms with E-state index in [0.29, 0.717) is 5.82 Å². The van der Waals surface area contributed by atoms with Gasteiger partial charge in [-0.3, -0.25) is 0 Å². The molecular weight excluding hydrogens is 236 g/mol. The van der Waals surface area contributed by atoms with Crippen LogP contribution >= 0.6 is 0 Å². The first-order valence-electron chi connectivity index (χ1n) is 6.62. The van der Waals surface area contributed by atoms with E-state index < -0.39 is 0 Å². The Kier molecular flexibility index (Phi) is 3.35. The van der Waals surface area contributed by atoms with E-state index in [9.17, 15) is 0 Å². The molecule has 4 nitrogen and oxygen atoms in total. The fourth-order valence-electron chi connectivity index (χ4n) is 2.13. The van der Waals surface area contributed by atoms with Crippen molar-refractivity contribution >= 4 is 5.82 Å². The summed E-state index contributed by atoms with van der Waals surface area (Å²) in [5.41, 5.74) is 9.30. The summed E-state index contributed by atoms with van der Waals surface area (Å²) < 4.78 is 1.83. The number of rotatable bonds is 2. The Hall–Kier alpha value is -1.84. The van der Waals surface area contributed by atoms with E-state index in [0.717, 1.165) is 11.4 Å². The summed E-state index contributed by atoms with van der Waals surface area (Å²) in [6.45, 7) is 10.8. The van der Waals surface area contributed by atoms with Gasteiger partial charge < -0.3 is 5.73 Å². The van der Waals surface area contributed by atoms with Crippen LogP contribution in [0.25, 0.3) is 5.69 Å². The van der Waals surface area contributed by atoms with E-state index in [4.69, 9.17) is 5.73 Å². The molecule has 102 valence electrons. The molecule has 1 heterocycles. The van der Waals surface area contributed by atoms with Gasteiger partial charge in [0.15, 0.2) is 5.82 Å². The second-order valence-electron chi connectivity index (χ2n) is 6.22. The molecule has 0 saturated heterocycles. The van der Waals surface area contributed by atoms with Gasteiger partial charge in [-0.1, -0.05) is 52.0 Å². The zero-order valence-corrected chi connectivity index (χ0v) is 12.3. The molecule has 0 aliphatic rings. The summed E-state index contributed by atoms with van der Waals surface area (Å²) in [6, 6.07) is 8.41. The molecule has 2 rings (SSSR count). The molecule has 1 aromatic carbocycles. The Bertz CT molecular complexity index is 559. The van der Waals surface area contributed by atoms with Gasteiger partial charge in [-0.15, -0.1) is 5.10 Å². The lowest BCUT2D eigenvalue weighted by atomic mass is 9.87. The summed E-state index contributed by atoms with van der Waals surface area (Å²) in [5, 5.41) is 8.12. The number of nitrogens with zero attached hydrogens (tertiary/aromatic N) is 3. The van der Waals surface area contributed by atoms with E-state index in [1.807, 2.05) is 4.68 Å². The fourth-order valence-corrected chi connectivity index (χ4v) is 2.13. The van der Waals surface area contributed by atoms with E-state index in [1.54, 1.807) is 0 Å². The molecule has 0 amide bonds. The third-order valence-corrected chi connectivity index (χ3v) is 3.26. The number of nitrogen functional groups attached to an aromatic ring is 1. The van der Waals surface area contributed by atoms with Gasteiger partial charge >= 0.3 is 0 Å². The number of benzene rings is 1. The van der Waals surface area contributed by atoms with Crippen LogP contribution in [-0.4, -0.2) is 15.0 Å². The van der Waals surface area contributed by atoms with Gasteiger partial charge in [0.1, 0.15) is 0 Å². The standard InChI is InChI=1S/C15H22N4/c1-10(2)13-14(16)17-18-19(13)12-8-6-11(7-9-12)15(3,4)5/h6-10H,16H2,1-5H3. The first-order chi connectivity index (χ1) is 8.80. The highest BCUT2D eigenvalue weighted by Gasteiger charge is 2.17. The van der Waals surface area contributed by atoms with Crippen molar-refractivity contribution in [3.05, 3.63) is 35.5 Å². The molecule has 0 radical (unpaired) electrons. The molecule has 0 fully saturated rings. The van der Waals surface area contributed by atoms with Crippen LogP contribution in [0.2, 0.25) is 0 Å². The molecule has 2 aromatic rings. The summed E-state index contributed by atoms with van der Waals surface area (Å²) in [7, 11) is 0. The van der Waals surface area contributed by atoms with Crippen molar-refractivity contribution < 1.29 is 0 Å². The average molecular weight is 258 g/mol. The molecule has 0 atom stereocenters. The molecule has 0 bridgehead atoms. The van der Waals surface area contributed by atoms with Crippen LogP contribution in [0.4, 0.5) is 5.82 Å². The van der Waals surface area contributed by atoms with E-state index in [2.05, 4.69) is 69.2 Å². The topological polar surface area (TPSA) is 56.7 Å². The second kappa shape index (κ2) is 4.68. The van der Waals surface area contributed by atoms with Crippen LogP contribution in [0, 0.1) is 0 Å². The molecule has 19 heavy (non-hydrogen) atoms. The number of anilines is 1. The quantitative estimate of drug-likeness (QED) is 0.899. The number of hydrogen-bond acceptors (Lipinski definition) is 3. The smallest absolute Gasteiger partial charge is 0.169 e. The maximum Gasteiger partial charge on any atom is 0.169 e. The Balaban J connectivity index is 2.44. The predicted octanol–water partition coefficient (Wildman–Crippen LogP) is 3.27. The summed E-state index contributed by atoms with van der Waals surface area (Å²) in [4.78, 5) is 0. The highest BCUT2D eigenvalue weighted by Crippen LogP contribution is 2.26. The van der Waals surface area contributed by atoms with Crippen molar-refractivity contribution in [1.82, 2.24) is 15.0 Å². The first-order valence-corrected chi connectivity index (χ1v) is 6.62. The van der Waals surface area contributed by atoms with E-state index in [-0.39, 0.29) is 11.3 Å². The van der Waals surface area contributed by atoms with Crippen molar-refractivity contribution in [2.24, 2.45) is 0 Å². The Morgan fingerprint density at radius 1 is 1.11 bits per heavy atom. The second-order valence-corrected chi connectivity index (χ2v) is 6.22. The van der Waals surface area contributed by atoms with Crippen LogP contribution in [0.5, 0.6) is 0 Å². The molecule has 2 N–H and O–H groups in total. The highest BCUT2D eigenvalue weighted by molar-refractivity contribution is 5.43. The van der Waals surface area contributed by atoms with Gasteiger partial charge in [0.05, 0.1) is 11.4 Å². The third-order valence-electron chi connectivity index (χ3n) is 3.26. The molecule has 0 aliphatic carbocycles. The van der Waals surface area contributed by atoms with Crippen molar-refractivity contribution in [2.45, 2.75) is 46.0 Å². The molecule has 1 aromatic heterocycles. The average Bonchev–Trinajstić information content (AvgIpc) is 2.70. The third kappa shape index (κ3) is 2.62. The summed E-state index contributed by atoms with van der Waals surface area (Å²) in [5.74, 6) is 0.798. The molecule has 0 aliphatic heterocycles. The van der Waals surface area contributed by atoms with Crippen LogP contribution in [-0.2, 0) is 5.41 Å². The first kappa shape index (κ1) is 13.6. The van der Waals surface area contributed by atoms with Crippen molar-refractivity contribution in [1.29, 1.82) is 0 Å². The lowest BCUT2D eigenvalue weighted by Gasteiger charge is -2.19. The minimum Gasteiger partial charge on any atom is -0.381 e. The van der Waals surface area contributed by atoms with Gasteiger partial charge in [0.2, 0.25) is 0 Å². The number of nitrogens with two attached hydrogens (primary N) is 1. The van der Waals surface area contributed by atoms with E-state index >= 15 is 0 Å². The SMILES string of the molecule is CC(C)c1c(N)nnn1-c1ccc(C(C)(C)C)cc1. The minimum absolute atomic E-state index is 0.154. The maximum absolute atomic E-state index is 5.88. The number of hydrogen-bond donors (Lipinski definition) is 1. The monoisotopic (exact) mass is 258 g/mol. The Labute approximate surface area is 114 Å². The summed E-state index contributed by atoms with van der Waals surface area (Å²) in [6.07, 6.45) is 0. The Morgan fingerprint density at radius 3 is 2.16 bits per heavy atom. The zero-order valence-electron chi connectivity index (χ0n) is 12.3. The molecule has 0 saturated carbocycles. The van der Waals surface area contributed by atoms with Gasteiger partial charge in [-0.25, -0.2) is 4.68 Å². The molecule has 0 spiro atoms. The van der Waals surface area contributed by atoms with Gasteiger partial charge in [-0.2, -0.15) is 0 Å². The Morgan fingerprint density at radius 2 is 1.68 bits per heavy atom. The normalized spacial score (nSPS) is 12.1. The fraction of sp³-hybridized carbons (Fsp3) is 0.467. The lowest BCUT2D eigenvalue weighted by Crippen LogP contribution is -2.11. The van der Waals surface area contributed by atoms with Crippen LogP contribution in [0.3, 0.4) is 0 Å². The zero-order chi connectivity index (χ0) is 14.2. The van der Waals surface area contributed by atoms with Crippen molar-refractivity contribution in [3.8, 4) is 5.69 Å². The summed E-state index contributed by atoms with van der Waals surface area (Å²) >= 11 is 0. The number of aromatic nitrogens is 3. The van der Waals surface area contributed by atoms with E-state index in [1.165, 1.54) is 5.56 Å². The molecule has 0 unspecified atom stereocenters. The largest absolute Gasteiger partial charge is 0.381 e. The van der Waals surface area contributed by atoms with Gasteiger partial charge in [-0.05, 0) is 29.0 Å². The van der Waals surface area contributed by atoms with Crippen LogP contribution < -0.4 is 5.73 Å². The van der Waals surface area contributed by atoms with Crippen molar-refractivity contribution in [2.75, 3.05) is 5.73 Å². The van der Waals surface area contributed by atoms with Crippen LogP contribution in [0.1, 0.15) is 51.8 Å². The lowest BCUT2D eigenvalue weighted by molar-refractivity contribution is 0.589. The molecule has 4 heteroatoms. The minimum atomic E-state index is 0.154. The molecular formula is C15H22N4. The highest BCUT2D eigenvalue weighted by atomic mass is 15.4. The van der Waals surface area contributed by atoms with Gasteiger partial charge in [0.25, 0.3) is 0 Å². The van der Waals surface area contributed by atoms with Gasteiger partial charge in [0, 0.05) is 0 Å². The van der Waals surface area contributed by atoms with Crippen molar-refractivity contribution in [3.63, 3.8) is 0 Å².